The molecule has 2 aliphatic rings. The Balaban J connectivity index is 1.39. The molecule has 5 heteroatoms. The maximum atomic E-state index is 9.66. The van der Waals surface area contributed by atoms with Crippen LogP contribution in [0.5, 0.6) is 0 Å². The van der Waals surface area contributed by atoms with E-state index in [4.69, 9.17) is 14.2 Å². The van der Waals surface area contributed by atoms with E-state index in [9.17, 15) is 10.2 Å². The Morgan fingerprint density at radius 2 is 1.56 bits per heavy atom. The lowest BCUT2D eigenvalue weighted by Crippen LogP contribution is -2.22. The smallest absolute Gasteiger partial charge is 0.104 e. The van der Waals surface area contributed by atoms with Gasteiger partial charge in [-0.15, -0.1) is 0 Å². The van der Waals surface area contributed by atoms with Gasteiger partial charge in [0, 0.05) is 6.61 Å². The third-order valence-corrected chi connectivity index (χ3v) is 3.21. The van der Waals surface area contributed by atoms with Crippen molar-refractivity contribution in [2.45, 2.75) is 44.0 Å². The summed E-state index contributed by atoms with van der Waals surface area (Å²) in [6, 6.07) is 0. The van der Waals surface area contributed by atoms with Crippen LogP contribution in [0.4, 0.5) is 0 Å². The van der Waals surface area contributed by atoms with Gasteiger partial charge in [0.05, 0.1) is 38.6 Å². The molecule has 2 rings (SSSR count). The molecule has 0 amide bonds. The first-order valence-corrected chi connectivity index (χ1v) is 6.87. The Morgan fingerprint density at radius 1 is 1.00 bits per heavy atom. The summed E-state index contributed by atoms with van der Waals surface area (Å²) in [4.78, 5) is 0. The largest absolute Gasteiger partial charge is 0.391 e. The molecule has 2 N–H and O–H groups in total. The van der Waals surface area contributed by atoms with Crippen LogP contribution in [-0.2, 0) is 14.2 Å². The lowest BCUT2D eigenvalue weighted by Gasteiger charge is -2.14. The van der Waals surface area contributed by atoms with Gasteiger partial charge in [0.15, 0.2) is 0 Å². The Kier molecular flexibility index (Phi) is 5.85. The van der Waals surface area contributed by atoms with Crippen LogP contribution < -0.4 is 0 Å². The van der Waals surface area contributed by atoms with Crippen LogP contribution in [0, 0.1) is 5.92 Å². The van der Waals surface area contributed by atoms with Gasteiger partial charge in [-0.25, -0.2) is 0 Å². The molecule has 0 bridgehead atoms. The van der Waals surface area contributed by atoms with Gasteiger partial charge in [-0.3, -0.25) is 0 Å². The van der Waals surface area contributed by atoms with Gasteiger partial charge < -0.3 is 24.4 Å². The van der Waals surface area contributed by atoms with E-state index in [1.807, 2.05) is 0 Å². The molecule has 3 atom stereocenters. The van der Waals surface area contributed by atoms with E-state index in [1.54, 1.807) is 0 Å². The molecule has 0 aromatic rings. The van der Waals surface area contributed by atoms with Gasteiger partial charge in [0.1, 0.15) is 6.10 Å². The van der Waals surface area contributed by atoms with Crippen molar-refractivity contribution in [1.29, 1.82) is 0 Å². The molecule has 3 unspecified atom stereocenters. The molecular formula is C13H24O5. The number of aliphatic hydroxyl groups excluding tert-OH is 2. The molecule has 1 heterocycles. The van der Waals surface area contributed by atoms with Crippen molar-refractivity contribution >= 4 is 0 Å². The van der Waals surface area contributed by atoms with E-state index >= 15 is 0 Å². The van der Waals surface area contributed by atoms with Crippen LogP contribution >= 0.6 is 0 Å². The van der Waals surface area contributed by atoms with E-state index < -0.39 is 12.2 Å². The summed E-state index contributed by atoms with van der Waals surface area (Å²) in [6.07, 6.45) is 2.85. The molecule has 0 aromatic carbocycles. The number of ether oxygens (including phenoxy) is 3. The highest BCUT2D eigenvalue weighted by Gasteiger charge is 2.23. The zero-order valence-electron chi connectivity index (χ0n) is 10.8. The molecule has 1 aliphatic carbocycles. The predicted molar refractivity (Wildman–Crippen MR) is 65.3 cm³/mol. The lowest BCUT2D eigenvalue weighted by molar-refractivity contribution is 0.000336. The van der Waals surface area contributed by atoms with Gasteiger partial charge in [-0.2, -0.15) is 0 Å². The fraction of sp³-hybridized carbons (Fsp3) is 1.00. The van der Waals surface area contributed by atoms with Crippen molar-refractivity contribution in [3.8, 4) is 0 Å². The highest BCUT2D eigenvalue weighted by molar-refractivity contribution is 4.72. The first-order valence-electron chi connectivity index (χ1n) is 6.87. The summed E-state index contributed by atoms with van der Waals surface area (Å²) < 4.78 is 15.7. The summed E-state index contributed by atoms with van der Waals surface area (Å²) >= 11 is 0. The molecule has 5 nitrogen and oxygen atoms in total. The van der Waals surface area contributed by atoms with Crippen LogP contribution in [0.1, 0.15) is 25.7 Å². The van der Waals surface area contributed by atoms with E-state index in [2.05, 4.69) is 0 Å². The van der Waals surface area contributed by atoms with Crippen LogP contribution in [0.3, 0.4) is 0 Å². The molecular weight excluding hydrogens is 236 g/mol. The minimum absolute atomic E-state index is 0.235. The molecule has 0 radical (unpaired) electrons. The summed E-state index contributed by atoms with van der Waals surface area (Å²) in [7, 11) is 0. The van der Waals surface area contributed by atoms with E-state index in [1.165, 1.54) is 12.8 Å². The highest BCUT2D eigenvalue weighted by Crippen LogP contribution is 2.28. The topological polar surface area (TPSA) is 71.5 Å². The quantitative estimate of drug-likeness (QED) is 0.524. The van der Waals surface area contributed by atoms with E-state index in [0.717, 1.165) is 19.1 Å². The number of aliphatic hydroxyl groups is 2. The third kappa shape index (κ3) is 6.66. The molecule has 2 fully saturated rings. The van der Waals surface area contributed by atoms with Gasteiger partial charge in [-0.1, -0.05) is 0 Å². The van der Waals surface area contributed by atoms with Crippen molar-refractivity contribution in [2.75, 3.05) is 33.0 Å². The summed E-state index contributed by atoms with van der Waals surface area (Å²) in [5, 5.41) is 19.3. The lowest BCUT2D eigenvalue weighted by atomic mass is 10.1. The molecule has 18 heavy (non-hydrogen) atoms. The first-order chi connectivity index (χ1) is 8.74. The summed E-state index contributed by atoms with van der Waals surface area (Å²) in [5.74, 6) is 0.723. The molecule has 0 aromatic heterocycles. The van der Waals surface area contributed by atoms with Gasteiger partial charge in [0.2, 0.25) is 0 Å². The fourth-order valence-electron chi connectivity index (χ4n) is 1.71. The normalized spacial score (nSPS) is 26.0. The van der Waals surface area contributed by atoms with E-state index in [0.29, 0.717) is 32.7 Å². The molecule has 1 saturated heterocycles. The minimum atomic E-state index is -0.512. The average Bonchev–Trinajstić information content (AvgIpc) is 3.20. The fourth-order valence-corrected chi connectivity index (χ4v) is 1.71. The number of hydrogen-bond acceptors (Lipinski definition) is 5. The predicted octanol–water partition coefficient (Wildman–Crippen LogP) is 0.330. The maximum Gasteiger partial charge on any atom is 0.104 e. The number of rotatable bonds is 11. The molecule has 1 saturated carbocycles. The summed E-state index contributed by atoms with van der Waals surface area (Å²) in [6.45, 7) is 2.79. The Bertz CT molecular complexity index is 203. The van der Waals surface area contributed by atoms with Crippen molar-refractivity contribution < 1.29 is 24.4 Å². The van der Waals surface area contributed by atoms with Gasteiger partial charge >= 0.3 is 0 Å². The second-order valence-corrected chi connectivity index (χ2v) is 5.36. The minimum Gasteiger partial charge on any atom is -0.391 e. The van der Waals surface area contributed by atoms with Gasteiger partial charge in [-0.05, 0) is 31.6 Å². The number of hydrogen-bond donors (Lipinski definition) is 2. The van der Waals surface area contributed by atoms with Gasteiger partial charge in [0.25, 0.3) is 0 Å². The van der Waals surface area contributed by atoms with Crippen molar-refractivity contribution in [3.05, 3.63) is 0 Å². The monoisotopic (exact) mass is 260 g/mol. The average molecular weight is 260 g/mol. The highest BCUT2D eigenvalue weighted by atomic mass is 16.6. The second kappa shape index (κ2) is 7.40. The Morgan fingerprint density at radius 3 is 2.06 bits per heavy atom. The maximum absolute atomic E-state index is 9.66. The standard InChI is InChI=1S/C13H24O5/c14-11(6-16-5-10-1-2-10)3-4-12(15)7-17-8-13-9-18-13/h10-15H,1-9H2. The molecule has 106 valence electrons. The first kappa shape index (κ1) is 14.2. The SMILES string of the molecule is OC(CCC(O)COCC1CO1)COCC1CC1. The molecule has 1 aliphatic heterocycles. The molecule has 0 spiro atoms. The van der Waals surface area contributed by atoms with Crippen LogP contribution in [0.15, 0.2) is 0 Å². The zero-order chi connectivity index (χ0) is 12.8. The van der Waals surface area contributed by atoms with Crippen molar-refractivity contribution in [2.24, 2.45) is 5.92 Å². The van der Waals surface area contributed by atoms with Crippen molar-refractivity contribution in [3.63, 3.8) is 0 Å². The van der Waals surface area contributed by atoms with Crippen LogP contribution in [-0.4, -0.2) is 61.6 Å². The third-order valence-electron chi connectivity index (χ3n) is 3.21. The summed E-state index contributed by atoms with van der Waals surface area (Å²) in [5.41, 5.74) is 0. The van der Waals surface area contributed by atoms with Crippen LogP contribution in [0.2, 0.25) is 0 Å². The van der Waals surface area contributed by atoms with Crippen LogP contribution in [0.25, 0.3) is 0 Å². The zero-order valence-corrected chi connectivity index (χ0v) is 10.8. The van der Waals surface area contributed by atoms with E-state index in [-0.39, 0.29) is 6.10 Å². The second-order valence-electron chi connectivity index (χ2n) is 5.36. The Hall–Kier alpha value is -0.200. The van der Waals surface area contributed by atoms with Crippen molar-refractivity contribution in [1.82, 2.24) is 0 Å². The Labute approximate surface area is 108 Å². The number of epoxide rings is 1.